The van der Waals surface area contributed by atoms with Gasteiger partial charge < -0.3 is 24.3 Å². The Balaban J connectivity index is 1.38. The van der Waals surface area contributed by atoms with Crippen LogP contribution in [0, 0.1) is 11.2 Å². The number of likely N-dealkylation sites (tertiary alicyclic amines) is 1. The second-order valence-corrected chi connectivity index (χ2v) is 12.1. The van der Waals surface area contributed by atoms with Crippen LogP contribution in [0.4, 0.5) is 21.0 Å². The first kappa shape index (κ1) is 23.8. The predicted octanol–water partition coefficient (Wildman–Crippen LogP) is 3.99. The third-order valence-electron chi connectivity index (χ3n) is 6.73. The van der Waals surface area contributed by atoms with E-state index in [-0.39, 0.29) is 26.5 Å². The second kappa shape index (κ2) is 8.06. The second-order valence-electron chi connectivity index (χ2n) is 10.9. The Labute approximate surface area is 212 Å². The van der Waals surface area contributed by atoms with E-state index >= 15 is 4.39 Å². The van der Waals surface area contributed by atoms with Crippen molar-refractivity contribution in [1.29, 1.82) is 0 Å². The molecule has 1 aromatic heterocycles. The van der Waals surface area contributed by atoms with Crippen LogP contribution in [-0.4, -0.2) is 90.9 Å². The number of carbonyl (C=O) groups excluding carboxylic acids is 1. The fourth-order valence-electron chi connectivity index (χ4n) is 4.81. The third-order valence-corrected chi connectivity index (χ3v) is 8.03. The SMILES string of the molecule is CN(C)C1CN(c2nc(N3CC4(CN(C(=O)OC(C)(C)C)C4)C3)c3cc(Cl)c(Br)c(F)c3n2)C1. The summed E-state index contributed by atoms with van der Waals surface area (Å²) >= 11 is 9.53. The Morgan fingerprint density at radius 1 is 1.21 bits per heavy atom. The minimum Gasteiger partial charge on any atom is -0.444 e. The zero-order valence-corrected chi connectivity index (χ0v) is 22.4. The quantitative estimate of drug-likeness (QED) is 0.531. The van der Waals surface area contributed by atoms with Crippen LogP contribution in [0.1, 0.15) is 20.8 Å². The summed E-state index contributed by atoms with van der Waals surface area (Å²) in [4.78, 5) is 29.9. The number of hydrogen-bond acceptors (Lipinski definition) is 7. The first-order valence-corrected chi connectivity index (χ1v) is 12.5. The molecule has 0 saturated carbocycles. The molecule has 11 heteroatoms. The maximum atomic E-state index is 15.2. The number of fused-ring (bicyclic) bond motifs is 1. The van der Waals surface area contributed by atoms with Crippen molar-refractivity contribution >= 4 is 56.3 Å². The molecule has 0 aliphatic carbocycles. The molecule has 1 amide bonds. The lowest BCUT2D eigenvalue weighted by Crippen LogP contribution is -2.73. The van der Waals surface area contributed by atoms with Gasteiger partial charge in [0.1, 0.15) is 16.9 Å². The zero-order valence-electron chi connectivity index (χ0n) is 20.0. The highest BCUT2D eigenvalue weighted by Gasteiger charge is 2.54. The molecule has 2 aromatic rings. The largest absolute Gasteiger partial charge is 0.444 e. The van der Waals surface area contributed by atoms with Crippen LogP contribution in [0.2, 0.25) is 5.02 Å². The van der Waals surface area contributed by atoms with Gasteiger partial charge in [0, 0.05) is 56.1 Å². The van der Waals surface area contributed by atoms with Crippen LogP contribution >= 0.6 is 27.5 Å². The van der Waals surface area contributed by atoms with Crippen LogP contribution in [-0.2, 0) is 4.74 Å². The van der Waals surface area contributed by atoms with Gasteiger partial charge >= 0.3 is 6.09 Å². The number of halogens is 3. The Kier molecular flexibility index (Phi) is 5.65. The number of carbonyl (C=O) groups is 1. The topological polar surface area (TPSA) is 65.0 Å². The van der Waals surface area contributed by atoms with E-state index in [2.05, 4.69) is 35.6 Å². The highest BCUT2D eigenvalue weighted by molar-refractivity contribution is 9.10. The Bertz CT molecular complexity index is 1150. The highest BCUT2D eigenvalue weighted by atomic mass is 79.9. The number of aromatic nitrogens is 2. The van der Waals surface area contributed by atoms with Crippen molar-refractivity contribution in [3.05, 3.63) is 21.4 Å². The van der Waals surface area contributed by atoms with Gasteiger partial charge in [-0.1, -0.05) is 11.6 Å². The van der Waals surface area contributed by atoms with Gasteiger partial charge in [0.05, 0.1) is 9.50 Å². The summed E-state index contributed by atoms with van der Waals surface area (Å²) < 4.78 is 20.9. The molecule has 0 radical (unpaired) electrons. The summed E-state index contributed by atoms with van der Waals surface area (Å²) in [6, 6.07) is 2.14. The van der Waals surface area contributed by atoms with Crippen molar-refractivity contribution < 1.29 is 13.9 Å². The molecule has 8 nitrogen and oxygen atoms in total. The summed E-state index contributed by atoms with van der Waals surface area (Å²) in [6.45, 7) is 9.94. The van der Waals surface area contributed by atoms with Crippen LogP contribution < -0.4 is 9.80 Å². The Morgan fingerprint density at radius 3 is 2.44 bits per heavy atom. The molecule has 0 atom stereocenters. The molecular weight excluding hydrogens is 527 g/mol. The van der Waals surface area contributed by atoms with Gasteiger partial charge in [-0.05, 0) is 56.9 Å². The van der Waals surface area contributed by atoms with Crippen molar-refractivity contribution in [3.8, 4) is 0 Å². The molecular formula is C23H29BrClFN6O2. The molecule has 3 fully saturated rings. The molecule has 0 bridgehead atoms. The molecule has 184 valence electrons. The first-order valence-electron chi connectivity index (χ1n) is 11.4. The molecule has 0 N–H and O–H groups in total. The maximum absolute atomic E-state index is 15.2. The summed E-state index contributed by atoms with van der Waals surface area (Å²) in [5.41, 5.74) is -0.241. The van der Waals surface area contributed by atoms with Crippen molar-refractivity contribution in [2.75, 3.05) is 63.2 Å². The lowest BCUT2D eigenvalue weighted by Gasteiger charge is -2.60. The van der Waals surface area contributed by atoms with Crippen molar-refractivity contribution in [1.82, 2.24) is 19.8 Å². The number of benzene rings is 1. The van der Waals surface area contributed by atoms with E-state index in [9.17, 15) is 4.79 Å². The standard InChI is InChI=1S/C23H29BrClFN6O2/c1-22(2,3)34-21(33)32-11-23(12-32)9-31(10-23)19-14-6-15(25)16(24)17(26)18(14)27-20(28-19)30-7-13(8-30)29(4)5/h6,13H,7-12H2,1-5H3. The number of anilines is 2. The van der Waals surface area contributed by atoms with Gasteiger partial charge in [-0.25, -0.2) is 14.2 Å². The fraction of sp³-hybridized carbons (Fsp3) is 0.609. The van der Waals surface area contributed by atoms with Crippen LogP contribution in [0.25, 0.3) is 10.9 Å². The lowest BCUT2D eigenvalue weighted by atomic mass is 9.73. The minimum absolute atomic E-state index is 0.0127. The van der Waals surface area contributed by atoms with Gasteiger partial charge in [-0.2, -0.15) is 4.98 Å². The Hall–Kier alpha value is -1.91. The first-order chi connectivity index (χ1) is 15.9. The van der Waals surface area contributed by atoms with E-state index in [1.165, 1.54) is 0 Å². The van der Waals surface area contributed by atoms with E-state index in [4.69, 9.17) is 21.3 Å². The normalized spacial score (nSPS) is 20.0. The van der Waals surface area contributed by atoms with Crippen LogP contribution in [0.15, 0.2) is 10.5 Å². The van der Waals surface area contributed by atoms with Gasteiger partial charge in [-0.3, -0.25) is 0 Å². The van der Waals surface area contributed by atoms with E-state index in [1.54, 1.807) is 11.0 Å². The average molecular weight is 556 g/mol. The minimum atomic E-state index is -0.512. The molecule has 3 saturated heterocycles. The molecule has 1 aromatic carbocycles. The summed E-state index contributed by atoms with van der Waals surface area (Å²) in [5, 5.41) is 0.881. The smallest absolute Gasteiger partial charge is 0.410 e. The number of likely N-dealkylation sites (N-methyl/N-ethyl adjacent to an activating group) is 1. The molecule has 34 heavy (non-hydrogen) atoms. The van der Waals surface area contributed by atoms with Crippen molar-refractivity contribution in [2.24, 2.45) is 5.41 Å². The number of rotatable bonds is 3. The monoisotopic (exact) mass is 554 g/mol. The number of ether oxygens (including phenoxy) is 1. The van der Waals surface area contributed by atoms with Crippen molar-refractivity contribution in [3.63, 3.8) is 0 Å². The van der Waals surface area contributed by atoms with Crippen LogP contribution in [0.5, 0.6) is 0 Å². The van der Waals surface area contributed by atoms with Crippen molar-refractivity contribution in [2.45, 2.75) is 32.4 Å². The number of hydrogen-bond donors (Lipinski definition) is 0. The van der Waals surface area contributed by atoms with Gasteiger partial charge in [0.15, 0.2) is 5.82 Å². The molecule has 3 aliphatic heterocycles. The molecule has 1 spiro atoms. The van der Waals surface area contributed by atoms with Gasteiger partial charge in [0.2, 0.25) is 5.95 Å². The van der Waals surface area contributed by atoms with Gasteiger partial charge in [0.25, 0.3) is 0 Å². The number of amides is 1. The number of nitrogens with zero attached hydrogens (tertiary/aromatic N) is 6. The summed E-state index contributed by atoms with van der Waals surface area (Å²) in [7, 11) is 4.10. The van der Waals surface area contributed by atoms with E-state index in [0.717, 1.165) is 26.2 Å². The lowest BCUT2D eigenvalue weighted by molar-refractivity contribution is -0.0454. The fourth-order valence-corrected chi connectivity index (χ4v) is 5.30. The Morgan fingerprint density at radius 2 is 1.85 bits per heavy atom. The molecule has 4 heterocycles. The highest BCUT2D eigenvalue weighted by Crippen LogP contribution is 2.45. The van der Waals surface area contributed by atoms with E-state index < -0.39 is 11.4 Å². The summed E-state index contributed by atoms with van der Waals surface area (Å²) in [6.07, 6.45) is -0.279. The van der Waals surface area contributed by atoms with E-state index in [0.29, 0.717) is 36.3 Å². The molecule has 3 aliphatic rings. The van der Waals surface area contributed by atoms with Crippen LogP contribution in [0.3, 0.4) is 0 Å². The van der Waals surface area contributed by atoms with E-state index in [1.807, 2.05) is 34.9 Å². The average Bonchev–Trinajstić information content (AvgIpc) is 2.61. The zero-order chi connectivity index (χ0) is 24.6. The predicted molar refractivity (Wildman–Crippen MR) is 134 cm³/mol. The summed E-state index contributed by atoms with van der Waals surface area (Å²) in [5.74, 6) is 0.730. The van der Waals surface area contributed by atoms with Gasteiger partial charge in [-0.15, -0.1) is 0 Å². The molecule has 0 unspecified atom stereocenters. The maximum Gasteiger partial charge on any atom is 0.410 e. The molecule has 5 rings (SSSR count). The third kappa shape index (κ3) is 4.07.